The molecule has 1 aromatic heterocycles. The first kappa shape index (κ1) is 12.2. The summed E-state index contributed by atoms with van der Waals surface area (Å²) in [4.78, 5) is 11.8. The Labute approximate surface area is 106 Å². The average Bonchev–Trinajstić information content (AvgIpc) is 2.83. The molecule has 2 rings (SSSR count). The van der Waals surface area contributed by atoms with Gasteiger partial charge >= 0.3 is 0 Å². The molecule has 0 N–H and O–H groups in total. The van der Waals surface area contributed by atoms with Crippen LogP contribution in [0.3, 0.4) is 0 Å². The fourth-order valence-corrected chi connectivity index (χ4v) is 1.57. The molecule has 0 radical (unpaired) electrons. The lowest BCUT2D eigenvalue weighted by molar-refractivity contribution is 0.0921. The summed E-state index contributed by atoms with van der Waals surface area (Å²) in [5, 5.41) is 0. The lowest BCUT2D eigenvalue weighted by Gasteiger charge is -2.05. The number of aromatic nitrogens is 1. The van der Waals surface area contributed by atoms with Gasteiger partial charge in [0, 0.05) is 25.0 Å². The molecular weight excluding hydrogens is 230 g/mol. The molecule has 2 aromatic rings. The van der Waals surface area contributed by atoms with Gasteiger partial charge in [0.15, 0.2) is 6.61 Å². The molecule has 0 spiro atoms. The molecule has 4 nitrogen and oxygen atoms in total. The van der Waals surface area contributed by atoms with Gasteiger partial charge in [-0.25, -0.2) is 0 Å². The van der Waals surface area contributed by atoms with Gasteiger partial charge < -0.3 is 14.0 Å². The second-order valence-corrected chi connectivity index (χ2v) is 3.95. The maximum absolute atomic E-state index is 11.8. The Kier molecular flexibility index (Phi) is 3.67. The first-order valence-corrected chi connectivity index (χ1v) is 5.61. The van der Waals surface area contributed by atoms with E-state index in [1.807, 2.05) is 17.8 Å². The van der Waals surface area contributed by atoms with Crippen molar-refractivity contribution >= 4 is 5.78 Å². The molecule has 0 aliphatic heterocycles. The van der Waals surface area contributed by atoms with Crippen LogP contribution in [0.25, 0.3) is 0 Å². The number of ketones is 1. The van der Waals surface area contributed by atoms with Crippen LogP contribution in [-0.4, -0.2) is 24.1 Å². The van der Waals surface area contributed by atoms with Crippen molar-refractivity contribution in [1.82, 2.24) is 4.57 Å². The van der Waals surface area contributed by atoms with Crippen LogP contribution in [0.5, 0.6) is 11.5 Å². The Morgan fingerprint density at radius 1 is 1.17 bits per heavy atom. The molecule has 0 unspecified atom stereocenters. The Balaban J connectivity index is 1.92. The zero-order chi connectivity index (χ0) is 13.0. The number of carbonyl (C=O) groups is 1. The Bertz CT molecular complexity index is 528. The van der Waals surface area contributed by atoms with E-state index in [2.05, 4.69) is 0 Å². The van der Waals surface area contributed by atoms with Gasteiger partial charge in [-0.2, -0.15) is 0 Å². The number of hydrogen-bond donors (Lipinski definition) is 0. The lowest BCUT2D eigenvalue weighted by Crippen LogP contribution is -2.10. The second kappa shape index (κ2) is 5.40. The van der Waals surface area contributed by atoms with Crippen LogP contribution < -0.4 is 9.47 Å². The first-order valence-electron chi connectivity index (χ1n) is 5.61. The smallest absolute Gasteiger partial charge is 0.201 e. The fourth-order valence-electron chi connectivity index (χ4n) is 1.57. The van der Waals surface area contributed by atoms with Crippen molar-refractivity contribution in [3.05, 3.63) is 48.3 Å². The van der Waals surface area contributed by atoms with Crippen molar-refractivity contribution in [2.75, 3.05) is 13.7 Å². The zero-order valence-corrected chi connectivity index (χ0v) is 10.4. The van der Waals surface area contributed by atoms with E-state index in [4.69, 9.17) is 9.47 Å². The number of aryl methyl sites for hydroxylation is 1. The van der Waals surface area contributed by atoms with E-state index < -0.39 is 0 Å². The van der Waals surface area contributed by atoms with Crippen LogP contribution in [0.2, 0.25) is 0 Å². The number of ether oxygens (including phenoxy) is 2. The van der Waals surface area contributed by atoms with E-state index in [0.717, 1.165) is 5.75 Å². The van der Waals surface area contributed by atoms with Crippen LogP contribution in [0.15, 0.2) is 42.7 Å². The number of carbonyl (C=O) groups excluding carboxylic acids is 1. The summed E-state index contributed by atoms with van der Waals surface area (Å²) in [6, 6.07) is 8.92. The third-order valence-corrected chi connectivity index (χ3v) is 2.58. The highest BCUT2D eigenvalue weighted by Gasteiger charge is 2.07. The predicted molar refractivity (Wildman–Crippen MR) is 68.2 cm³/mol. The van der Waals surface area contributed by atoms with Crippen molar-refractivity contribution in [3.63, 3.8) is 0 Å². The van der Waals surface area contributed by atoms with Gasteiger partial charge in [0.2, 0.25) is 5.78 Å². The van der Waals surface area contributed by atoms with E-state index in [-0.39, 0.29) is 12.4 Å². The third kappa shape index (κ3) is 2.91. The largest absolute Gasteiger partial charge is 0.497 e. The van der Waals surface area contributed by atoms with E-state index in [0.29, 0.717) is 11.3 Å². The van der Waals surface area contributed by atoms with Gasteiger partial charge in [-0.3, -0.25) is 4.79 Å². The Morgan fingerprint density at radius 3 is 2.39 bits per heavy atom. The number of rotatable bonds is 5. The number of nitrogens with zero attached hydrogens (tertiary/aromatic N) is 1. The van der Waals surface area contributed by atoms with Crippen molar-refractivity contribution in [1.29, 1.82) is 0 Å². The number of methoxy groups -OCH3 is 1. The van der Waals surface area contributed by atoms with Gasteiger partial charge in [0.25, 0.3) is 0 Å². The fraction of sp³-hybridized carbons (Fsp3) is 0.214. The van der Waals surface area contributed by atoms with Gasteiger partial charge in [-0.1, -0.05) is 0 Å². The van der Waals surface area contributed by atoms with E-state index in [1.165, 1.54) is 0 Å². The Hall–Kier alpha value is -2.23. The van der Waals surface area contributed by atoms with Crippen molar-refractivity contribution in [2.45, 2.75) is 0 Å². The summed E-state index contributed by atoms with van der Waals surface area (Å²) in [5.41, 5.74) is 0.658. The lowest BCUT2D eigenvalue weighted by atomic mass is 10.2. The van der Waals surface area contributed by atoms with E-state index >= 15 is 0 Å². The monoisotopic (exact) mass is 245 g/mol. The maximum Gasteiger partial charge on any atom is 0.201 e. The van der Waals surface area contributed by atoms with Crippen LogP contribution in [0.4, 0.5) is 0 Å². The number of Topliss-reactive ketones (excluding diaryl/α,β-unsaturated/α-hetero) is 1. The molecule has 0 saturated heterocycles. The molecule has 18 heavy (non-hydrogen) atoms. The van der Waals surface area contributed by atoms with Gasteiger partial charge in [-0.05, 0) is 30.3 Å². The van der Waals surface area contributed by atoms with Gasteiger partial charge in [0.1, 0.15) is 11.5 Å². The highest BCUT2D eigenvalue weighted by molar-refractivity contribution is 5.97. The van der Waals surface area contributed by atoms with Gasteiger partial charge in [0.05, 0.1) is 7.11 Å². The summed E-state index contributed by atoms with van der Waals surface area (Å²) in [6.07, 6.45) is 3.61. The predicted octanol–water partition coefficient (Wildman–Crippen LogP) is 2.30. The third-order valence-electron chi connectivity index (χ3n) is 2.58. The SMILES string of the molecule is COc1ccc(OCC(=O)c2ccn(C)c2)cc1. The maximum atomic E-state index is 11.8. The van der Waals surface area contributed by atoms with E-state index in [1.54, 1.807) is 43.6 Å². The normalized spacial score (nSPS) is 10.1. The second-order valence-electron chi connectivity index (χ2n) is 3.95. The summed E-state index contributed by atoms with van der Waals surface area (Å²) < 4.78 is 12.3. The van der Waals surface area contributed by atoms with Crippen LogP contribution in [0.1, 0.15) is 10.4 Å². The standard InChI is InChI=1S/C14H15NO3/c1-15-8-7-11(9-15)14(16)10-18-13-5-3-12(17-2)4-6-13/h3-9H,10H2,1-2H3. The molecule has 0 aliphatic carbocycles. The molecule has 94 valence electrons. The number of hydrogen-bond acceptors (Lipinski definition) is 3. The Morgan fingerprint density at radius 2 is 1.83 bits per heavy atom. The molecule has 1 aromatic carbocycles. The highest BCUT2D eigenvalue weighted by atomic mass is 16.5. The molecular formula is C14H15NO3. The molecule has 4 heteroatoms. The number of benzene rings is 1. The molecule has 0 fully saturated rings. The molecule has 1 heterocycles. The van der Waals surface area contributed by atoms with E-state index in [9.17, 15) is 4.79 Å². The van der Waals surface area contributed by atoms with Crippen LogP contribution in [0, 0.1) is 0 Å². The van der Waals surface area contributed by atoms with Crippen LogP contribution in [-0.2, 0) is 7.05 Å². The topological polar surface area (TPSA) is 40.5 Å². The highest BCUT2D eigenvalue weighted by Crippen LogP contribution is 2.17. The molecule has 0 bridgehead atoms. The van der Waals surface area contributed by atoms with Crippen molar-refractivity contribution < 1.29 is 14.3 Å². The van der Waals surface area contributed by atoms with Crippen LogP contribution >= 0.6 is 0 Å². The molecule has 0 atom stereocenters. The minimum Gasteiger partial charge on any atom is -0.497 e. The first-order chi connectivity index (χ1) is 8.69. The molecule has 0 saturated carbocycles. The summed E-state index contributed by atoms with van der Waals surface area (Å²) in [5.74, 6) is 1.38. The molecule has 0 amide bonds. The molecule has 0 aliphatic rings. The summed E-state index contributed by atoms with van der Waals surface area (Å²) >= 11 is 0. The minimum atomic E-state index is -0.0357. The van der Waals surface area contributed by atoms with Crippen molar-refractivity contribution in [3.8, 4) is 11.5 Å². The summed E-state index contributed by atoms with van der Waals surface area (Å²) in [7, 11) is 3.48. The summed E-state index contributed by atoms with van der Waals surface area (Å²) in [6.45, 7) is 0.0380. The van der Waals surface area contributed by atoms with Crippen molar-refractivity contribution in [2.24, 2.45) is 7.05 Å². The zero-order valence-electron chi connectivity index (χ0n) is 10.4. The van der Waals surface area contributed by atoms with Gasteiger partial charge in [-0.15, -0.1) is 0 Å². The average molecular weight is 245 g/mol. The quantitative estimate of drug-likeness (QED) is 0.759. The minimum absolute atomic E-state index is 0.0357.